The number of fused-ring (bicyclic) bond motifs is 1. The number of amides is 1. The largest absolute Gasteiger partial charge is 0.494 e. The number of likely N-dealkylation sites (tertiary alicyclic amines) is 1. The van der Waals surface area contributed by atoms with Crippen LogP contribution in [-0.4, -0.2) is 64.9 Å². The fourth-order valence-electron chi connectivity index (χ4n) is 3.85. The summed E-state index contributed by atoms with van der Waals surface area (Å²) in [6.07, 6.45) is 4.52. The van der Waals surface area contributed by atoms with Gasteiger partial charge in [0.2, 0.25) is 5.91 Å². The van der Waals surface area contributed by atoms with Crippen molar-refractivity contribution in [3.8, 4) is 17.0 Å². The summed E-state index contributed by atoms with van der Waals surface area (Å²) in [6.45, 7) is 4.74. The first-order valence-corrected chi connectivity index (χ1v) is 11.1. The lowest BCUT2D eigenvalue weighted by Gasteiger charge is -2.35. The van der Waals surface area contributed by atoms with E-state index in [0.29, 0.717) is 19.1 Å². The van der Waals surface area contributed by atoms with Crippen LogP contribution in [0.1, 0.15) is 25.5 Å². The van der Waals surface area contributed by atoms with Gasteiger partial charge >= 0.3 is 0 Å². The highest BCUT2D eigenvalue weighted by Crippen LogP contribution is 2.26. The monoisotopic (exact) mass is 412 g/mol. The van der Waals surface area contributed by atoms with Gasteiger partial charge in [0, 0.05) is 35.9 Å². The van der Waals surface area contributed by atoms with Crippen molar-refractivity contribution in [2.45, 2.75) is 32.2 Å². The first-order chi connectivity index (χ1) is 14.0. The van der Waals surface area contributed by atoms with Gasteiger partial charge in [0.1, 0.15) is 5.75 Å². The molecule has 3 heterocycles. The molecule has 0 radical (unpaired) electrons. The Kier molecular flexibility index (Phi) is 5.87. The molecular weight excluding hydrogens is 384 g/mol. The molecule has 0 unspecified atom stereocenters. The Balaban J connectivity index is 1.48. The second kappa shape index (κ2) is 8.55. The molecule has 0 spiro atoms. The van der Waals surface area contributed by atoms with Crippen LogP contribution in [0.25, 0.3) is 16.2 Å². The summed E-state index contributed by atoms with van der Waals surface area (Å²) < 4.78 is 7.57. The molecule has 1 aromatic carbocycles. The van der Waals surface area contributed by atoms with E-state index in [0.717, 1.165) is 53.6 Å². The zero-order valence-corrected chi connectivity index (χ0v) is 18.1. The number of hydrogen-bond donors (Lipinski definition) is 0. The van der Waals surface area contributed by atoms with Gasteiger partial charge in [0.25, 0.3) is 0 Å². The minimum absolute atomic E-state index is 0.176. The van der Waals surface area contributed by atoms with Crippen LogP contribution < -0.4 is 4.74 Å². The summed E-state index contributed by atoms with van der Waals surface area (Å²) in [5, 5.41) is 2.05. The van der Waals surface area contributed by atoms with E-state index in [1.54, 1.807) is 11.3 Å². The van der Waals surface area contributed by atoms with Crippen LogP contribution in [0.4, 0.5) is 0 Å². The Bertz CT molecular complexity index is 971. The predicted octanol–water partition coefficient (Wildman–Crippen LogP) is 3.56. The Labute approximate surface area is 175 Å². The van der Waals surface area contributed by atoms with Gasteiger partial charge in [-0.1, -0.05) is 0 Å². The number of thiazole rings is 1. The van der Waals surface area contributed by atoms with Crippen LogP contribution in [0.15, 0.2) is 35.8 Å². The lowest BCUT2D eigenvalue weighted by molar-refractivity contribution is -0.132. The predicted molar refractivity (Wildman–Crippen MR) is 117 cm³/mol. The van der Waals surface area contributed by atoms with Crippen LogP contribution in [0, 0.1) is 0 Å². The van der Waals surface area contributed by atoms with Crippen LogP contribution in [-0.2, 0) is 11.2 Å². The van der Waals surface area contributed by atoms with Gasteiger partial charge in [-0.05, 0) is 64.2 Å². The van der Waals surface area contributed by atoms with E-state index in [9.17, 15) is 4.79 Å². The number of carbonyl (C=O) groups excluding carboxylic acids is 1. The standard InChI is InChI=1S/C22H28N4O2S/c1-4-28-19-7-5-16(6-8-19)20-14-26-18(15-29-22(26)23-20)13-21(27)25(3)17-9-11-24(2)12-10-17/h5-8,14-15,17H,4,9-13H2,1-3H3. The number of rotatable bonds is 6. The Morgan fingerprint density at radius 3 is 2.69 bits per heavy atom. The first kappa shape index (κ1) is 19.9. The number of carbonyl (C=O) groups is 1. The molecule has 0 atom stereocenters. The number of benzene rings is 1. The maximum atomic E-state index is 12.9. The van der Waals surface area contributed by atoms with Crippen molar-refractivity contribution in [3.05, 3.63) is 41.5 Å². The number of ether oxygens (including phenoxy) is 1. The molecule has 0 saturated carbocycles. The maximum absolute atomic E-state index is 12.9. The quantitative estimate of drug-likeness (QED) is 0.621. The summed E-state index contributed by atoms with van der Waals surface area (Å²) in [6, 6.07) is 8.32. The van der Waals surface area contributed by atoms with Crippen LogP contribution in [0.2, 0.25) is 0 Å². The van der Waals surface area contributed by atoms with Gasteiger partial charge in [-0.25, -0.2) is 4.98 Å². The van der Waals surface area contributed by atoms with E-state index in [1.807, 2.05) is 54.7 Å². The Morgan fingerprint density at radius 1 is 1.28 bits per heavy atom. The van der Waals surface area contributed by atoms with Crippen molar-refractivity contribution < 1.29 is 9.53 Å². The van der Waals surface area contributed by atoms with Gasteiger partial charge < -0.3 is 14.5 Å². The second-order valence-corrected chi connectivity index (χ2v) is 8.52. The van der Waals surface area contributed by atoms with E-state index < -0.39 is 0 Å². The van der Waals surface area contributed by atoms with Crippen molar-refractivity contribution in [2.24, 2.45) is 0 Å². The summed E-state index contributed by atoms with van der Waals surface area (Å²) in [4.78, 5) is 22.8. The third-order valence-corrected chi connectivity index (χ3v) is 6.59. The Hall–Kier alpha value is -2.38. The zero-order chi connectivity index (χ0) is 20.4. The molecular formula is C22H28N4O2S. The molecule has 1 saturated heterocycles. The smallest absolute Gasteiger partial charge is 0.228 e. The maximum Gasteiger partial charge on any atom is 0.228 e. The average Bonchev–Trinajstić information content (AvgIpc) is 3.31. The molecule has 29 heavy (non-hydrogen) atoms. The molecule has 1 fully saturated rings. The molecule has 0 bridgehead atoms. The number of piperidine rings is 1. The van der Waals surface area contributed by atoms with E-state index in [1.165, 1.54) is 0 Å². The fourth-order valence-corrected chi connectivity index (χ4v) is 4.72. The van der Waals surface area contributed by atoms with E-state index >= 15 is 0 Å². The lowest BCUT2D eigenvalue weighted by atomic mass is 10.0. The Morgan fingerprint density at radius 2 is 2.00 bits per heavy atom. The number of aromatic nitrogens is 2. The van der Waals surface area contributed by atoms with Gasteiger partial charge in [-0.2, -0.15) is 0 Å². The number of likely N-dealkylation sites (N-methyl/N-ethyl adjacent to an activating group) is 1. The molecule has 154 valence electrons. The van der Waals surface area contributed by atoms with Crippen LogP contribution in [0.5, 0.6) is 5.75 Å². The third kappa shape index (κ3) is 4.31. The molecule has 2 aromatic heterocycles. The molecule has 7 heteroatoms. The summed E-state index contributed by atoms with van der Waals surface area (Å²) in [7, 11) is 4.09. The van der Waals surface area contributed by atoms with Gasteiger partial charge in [0.15, 0.2) is 4.96 Å². The van der Waals surface area contributed by atoms with E-state index in [-0.39, 0.29) is 5.91 Å². The van der Waals surface area contributed by atoms with Gasteiger partial charge in [-0.15, -0.1) is 11.3 Å². The number of nitrogens with zero attached hydrogens (tertiary/aromatic N) is 4. The highest BCUT2D eigenvalue weighted by atomic mass is 32.1. The van der Waals surface area contributed by atoms with E-state index in [4.69, 9.17) is 9.72 Å². The molecule has 1 aliphatic heterocycles. The highest BCUT2D eigenvalue weighted by molar-refractivity contribution is 7.15. The van der Waals surface area contributed by atoms with Gasteiger partial charge in [-0.3, -0.25) is 9.20 Å². The van der Waals surface area contributed by atoms with Crippen molar-refractivity contribution in [2.75, 3.05) is 33.8 Å². The summed E-state index contributed by atoms with van der Waals surface area (Å²) in [5.74, 6) is 1.04. The van der Waals surface area contributed by atoms with Crippen molar-refractivity contribution in [1.29, 1.82) is 0 Å². The average molecular weight is 413 g/mol. The molecule has 1 amide bonds. The fraction of sp³-hybridized carbons (Fsp3) is 0.455. The normalized spacial score (nSPS) is 15.7. The van der Waals surface area contributed by atoms with Crippen LogP contribution in [0.3, 0.4) is 0 Å². The molecule has 3 aromatic rings. The SMILES string of the molecule is CCOc1ccc(-c2cn3c(CC(=O)N(C)C4CCN(C)CC4)csc3n2)cc1. The summed E-state index contributed by atoms with van der Waals surface area (Å²) in [5.41, 5.74) is 2.96. The lowest BCUT2D eigenvalue weighted by Crippen LogP contribution is -2.45. The molecule has 4 rings (SSSR count). The zero-order valence-electron chi connectivity index (χ0n) is 17.3. The molecule has 6 nitrogen and oxygen atoms in total. The summed E-state index contributed by atoms with van der Waals surface area (Å²) >= 11 is 1.58. The molecule has 0 N–H and O–H groups in total. The third-order valence-electron chi connectivity index (χ3n) is 5.71. The second-order valence-electron chi connectivity index (χ2n) is 7.68. The number of imidazole rings is 1. The first-order valence-electron chi connectivity index (χ1n) is 10.2. The van der Waals surface area contributed by atoms with Crippen molar-refractivity contribution in [1.82, 2.24) is 19.2 Å². The van der Waals surface area contributed by atoms with Crippen molar-refractivity contribution in [3.63, 3.8) is 0 Å². The van der Waals surface area contributed by atoms with Gasteiger partial charge in [0.05, 0.1) is 18.7 Å². The topological polar surface area (TPSA) is 50.1 Å². The van der Waals surface area contributed by atoms with Crippen LogP contribution >= 0.6 is 11.3 Å². The molecule has 0 aliphatic carbocycles. The minimum Gasteiger partial charge on any atom is -0.494 e. The van der Waals surface area contributed by atoms with Crippen molar-refractivity contribution >= 4 is 22.2 Å². The highest BCUT2D eigenvalue weighted by Gasteiger charge is 2.24. The molecule has 1 aliphatic rings. The van der Waals surface area contributed by atoms with E-state index in [2.05, 4.69) is 16.3 Å². The number of hydrogen-bond acceptors (Lipinski definition) is 5. The minimum atomic E-state index is 0.176.